The smallest absolute Gasteiger partial charge is 0.407 e. The summed E-state index contributed by atoms with van der Waals surface area (Å²) in [6.45, 7) is 8.77. The van der Waals surface area contributed by atoms with Crippen molar-refractivity contribution in [1.82, 2.24) is 40.4 Å². The Hall–Kier alpha value is -5.40. The van der Waals surface area contributed by atoms with Gasteiger partial charge in [-0.3, -0.25) is 9.59 Å². The van der Waals surface area contributed by atoms with Gasteiger partial charge in [0, 0.05) is 13.1 Å². The number of rotatable bonds is 10. The fraction of sp³-hybridized carbons (Fsp3) is 0.474. The van der Waals surface area contributed by atoms with Crippen molar-refractivity contribution in [3.05, 3.63) is 60.3 Å². The third-order valence-electron chi connectivity index (χ3n) is 10.1. The minimum Gasteiger partial charge on any atom is -0.453 e. The molecule has 6 rings (SSSR count). The van der Waals surface area contributed by atoms with Gasteiger partial charge in [0.1, 0.15) is 23.7 Å². The van der Waals surface area contributed by atoms with E-state index in [0.717, 1.165) is 64.9 Å². The Bertz CT molecular complexity index is 1920. The van der Waals surface area contributed by atoms with Crippen LogP contribution in [0.25, 0.3) is 33.4 Å². The molecule has 0 spiro atoms. The summed E-state index contributed by atoms with van der Waals surface area (Å²) in [6, 6.07) is 12.5. The molecule has 14 nitrogen and oxygen atoms in total. The molecule has 0 aliphatic carbocycles. The number of likely N-dealkylation sites (tertiary alicyclic amines) is 2. The minimum absolute atomic E-state index is 0.108. The van der Waals surface area contributed by atoms with Crippen LogP contribution in [0, 0.1) is 11.8 Å². The van der Waals surface area contributed by atoms with Crippen molar-refractivity contribution in [2.75, 3.05) is 27.3 Å². The topological polar surface area (TPSA) is 175 Å². The monoisotopic (exact) mass is 712 g/mol. The first-order chi connectivity index (χ1) is 25.0. The van der Waals surface area contributed by atoms with E-state index in [4.69, 9.17) is 14.5 Å². The molecule has 14 heteroatoms. The molecule has 2 aliphatic rings. The lowest BCUT2D eigenvalue weighted by atomic mass is 10.0. The van der Waals surface area contributed by atoms with E-state index in [1.54, 1.807) is 11.1 Å². The summed E-state index contributed by atoms with van der Waals surface area (Å²) in [7, 11) is 2.57. The summed E-state index contributed by atoms with van der Waals surface area (Å²) in [5, 5.41) is 5.39. The van der Waals surface area contributed by atoms with Crippen molar-refractivity contribution in [2.45, 2.75) is 77.5 Å². The van der Waals surface area contributed by atoms with E-state index in [1.807, 2.05) is 56.9 Å². The van der Waals surface area contributed by atoms with Crippen molar-refractivity contribution < 1.29 is 28.7 Å². The molecule has 276 valence electrons. The molecule has 4 amide bonds. The molecule has 2 saturated heterocycles. The molecule has 2 aromatic heterocycles. The number of H-pyrrole nitrogens is 2. The number of methoxy groups -OCH3 is 2. The number of imidazole rings is 2. The van der Waals surface area contributed by atoms with Crippen LogP contribution in [-0.4, -0.2) is 93.1 Å². The number of nitrogens with one attached hydrogen (secondary N) is 4. The van der Waals surface area contributed by atoms with Gasteiger partial charge in [-0.25, -0.2) is 19.6 Å². The molecule has 2 aromatic carbocycles. The fourth-order valence-corrected chi connectivity index (χ4v) is 7.25. The number of carbonyl (C=O) groups excluding carboxylic acids is 4. The number of alkyl carbamates (subject to hydrolysis) is 2. The van der Waals surface area contributed by atoms with Crippen molar-refractivity contribution >= 4 is 35.0 Å². The zero-order chi connectivity index (χ0) is 37.1. The van der Waals surface area contributed by atoms with Crippen molar-refractivity contribution in [3.8, 4) is 22.4 Å². The molecule has 2 aliphatic heterocycles. The van der Waals surface area contributed by atoms with Gasteiger partial charge in [0.25, 0.3) is 0 Å². The van der Waals surface area contributed by atoms with Crippen molar-refractivity contribution in [1.29, 1.82) is 0 Å². The lowest BCUT2D eigenvalue weighted by molar-refractivity contribution is -0.136. The minimum atomic E-state index is -0.693. The number of nitrogens with zero attached hydrogens (tertiary/aromatic N) is 4. The third-order valence-corrected chi connectivity index (χ3v) is 10.1. The number of ether oxygens (including phenoxy) is 2. The van der Waals surface area contributed by atoms with Crippen LogP contribution in [0.5, 0.6) is 0 Å². The van der Waals surface area contributed by atoms with Gasteiger partial charge >= 0.3 is 12.2 Å². The van der Waals surface area contributed by atoms with Crippen LogP contribution < -0.4 is 10.6 Å². The molecule has 2 fully saturated rings. The number of fused-ring (bicyclic) bond motifs is 1. The Morgan fingerprint density at radius 3 is 1.79 bits per heavy atom. The number of amides is 4. The predicted molar refractivity (Wildman–Crippen MR) is 195 cm³/mol. The highest BCUT2D eigenvalue weighted by Gasteiger charge is 2.39. The van der Waals surface area contributed by atoms with E-state index in [9.17, 15) is 19.2 Å². The standard InChI is InChI=1S/C38H48N8O6/c1-21(2)31(43-37(49)51-5)35(47)45-17-7-9-29(45)33-39-20-28(42-33)24-13-11-23(12-14-24)25-15-16-26-27(19-25)41-34(40-26)30-10-8-18-46(30)36(48)32(22(3)4)44-38(50)52-6/h11-16,19-22,29-32H,7-10,17-18H2,1-6H3,(H,39,42)(H,40,41)(H,43,49)(H,44,50)/t29-,30-,31?,32?/m0/s1. The van der Waals surface area contributed by atoms with Crippen LogP contribution >= 0.6 is 0 Å². The summed E-state index contributed by atoms with van der Waals surface area (Å²) < 4.78 is 9.51. The molecule has 4 aromatic rings. The van der Waals surface area contributed by atoms with Gasteiger partial charge in [-0.05, 0) is 66.3 Å². The quantitative estimate of drug-likeness (QED) is 0.162. The highest BCUT2D eigenvalue weighted by Crippen LogP contribution is 2.35. The highest BCUT2D eigenvalue weighted by atomic mass is 16.5. The zero-order valence-corrected chi connectivity index (χ0v) is 30.6. The van der Waals surface area contributed by atoms with E-state index in [0.29, 0.717) is 18.9 Å². The maximum Gasteiger partial charge on any atom is 0.407 e. The van der Waals surface area contributed by atoms with E-state index in [2.05, 4.69) is 43.8 Å². The summed E-state index contributed by atoms with van der Waals surface area (Å²) in [4.78, 5) is 71.0. The third kappa shape index (κ3) is 7.46. The molecular formula is C38H48N8O6. The van der Waals surface area contributed by atoms with E-state index < -0.39 is 24.3 Å². The Kier molecular flexibility index (Phi) is 10.8. The number of aromatic nitrogens is 4. The van der Waals surface area contributed by atoms with E-state index in [-0.39, 0.29) is 35.7 Å². The molecule has 2 unspecified atom stereocenters. The maximum absolute atomic E-state index is 13.6. The van der Waals surface area contributed by atoms with Crippen LogP contribution in [-0.2, 0) is 19.1 Å². The number of hydrogen-bond acceptors (Lipinski definition) is 8. The first kappa shape index (κ1) is 36.4. The Morgan fingerprint density at radius 2 is 1.25 bits per heavy atom. The van der Waals surface area contributed by atoms with Gasteiger partial charge in [-0.15, -0.1) is 0 Å². The molecular weight excluding hydrogens is 664 g/mol. The lowest BCUT2D eigenvalue weighted by Crippen LogP contribution is -2.51. The van der Waals surface area contributed by atoms with Gasteiger partial charge in [0.2, 0.25) is 11.8 Å². The van der Waals surface area contributed by atoms with Crippen LogP contribution in [0.2, 0.25) is 0 Å². The van der Waals surface area contributed by atoms with Gasteiger partial charge in [0.05, 0.1) is 49.2 Å². The normalized spacial score (nSPS) is 18.5. The molecule has 0 radical (unpaired) electrons. The summed E-state index contributed by atoms with van der Waals surface area (Å²) in [6.07, 6.45) is 3.78. The Labute approximate surface area is 303 Å². The van der Waals surface area contributed by atoms with Gasteiger partial charge in [0.15, 0.2) is 0 Å². The molecule has 52 heavy (non-hydrogen) atoms. The largest absolute Gasteiger partial charge is 0.453 e. The average molecular weight is 713 g/mol. The molecule has 0 bridgehead atoms. The Morgan fingerprint density at radius 1 is 0.731 bits per heavy atom. The summed E-state index contributed by atoms with van der Waals surface area (Å²) in [5.41, 5.74) is 5.54. The Balaban J connectivity index is 1.16. The van der Waals surface area contributed by atoms with Crippen LogP contribution in [0.4, 0.5) is 9.59 Å². The first-order valence-corrected chi connectivity index (χ1v) is 17.9. The number of aromatic amines is 2. The summed E-state index contributed by atoms with van der Waals surface area (Å²) >= 11 is 0. The predicted octanol–water partition coefficient (Wildman–Crippen LogP) is 5.71. The molecule has 0 saturated carbocycles. The SMILES string of the molecule is COC(=O)NC(C(=O)N1CCC[C@H]1c1ncc(-c2ccc(-c3ccc4nc([C@@H]5CCCN5C(=O)C(NC(=O)OC)C(C)C)[nH]c4c3)cc2)[nH]1)C(C)C. The van der Waals surface area contributed by atoms with Crippen molar-refractivity contribution in [3.63, 3.8) is 0 Å². The second-order valence-corrected chi connectivity index (χ2v) is 14.2. The zero-order valence-electron chi connectivity index (χ0n) is 30.6. The number of carbonyl (C=O) groups is 4. The van der Waals surface area contributed by atoms with Gasteiger partial charge < -0.3 is 39.9 Å². The van der Waals surface area contributed by atoms with Crippen molar-refractivity contribution in [2.24, 2.45) is 11.8 Å². The molecule has 4 atom stereocenters. The maximum atomic E-state index is 13.6. The fourth-order valence-electron chi connectivity index (χ4n) is 7.25. The van der Waals surface area contributed by atoms with Gasteiger partial charge in [-0.1, -0.05) is 58.0 Å². The average Bonchev–Trinajstić information content (AvgIpc) is 3.97. The number of hydrogen-bond donors (Lipinski definition) is 4. The molecule has 4 N–H and O–H groups in total. The van der Waals surface area contributed by atoms with Crippen LogP contribution in [0.15, 0.2) is 48.7 Å². The van der Waals surface area contributed by atoms with E-state index in [1.165, 1.54) is 14.2 Å². The second-order valence-electron chi connectivity index (χ2n) is 14.2. The second kappa shape index (κ2) is 15.5. The number of benzene rings is 2. The van der Waals surface area contributed by atoms with Crippen LogP contribution in [0.1, 0.15) is 77.1 Å². The van der Waals surface area contributed by atoms with Gasteiger partial charge in [-0.2, -0.15) is 0 Å². The molecule has 4 heterocycles. The van der Waals surface area contributed by atoms with E-state index >= 15 is 0 Å². The highest BCUT2D eigenvalue weighted by molar-refractivity contribution is 5.88. The van der Waals surface area contributed by atoms with Crippen LogP contribution in [0.3, 0.4) is 0 Å². The lowest BCUT2D eigenvalue weighted by Gasteiger charge is -2.30. The summed E-state index contributed by atoms with van der Waals surface area (Å²) in [5.74, 6) is 0.938. The first-order valence-electron chi connectivity index (χ1n) is 17.9.